The number of aryl methyl sites for hydroxylation is 1. The Morgan fingerprint density at radius 1 is 0.946 bits per heavy atom. The summed E-state index contributed by atoms with van der Waals surface area (Å²) in [5.41, 5.74) is 6.52. The van der Waals surface area contributed by atoms with Crippen molar-refractivity contribution >= 4 is 5.97 Å². The van der Waals surface area contributed by atoms with Crippen LogP contribution in [0.3, 0.4) is 0 Å². The number of hydrogen-bond acceptors (Lipinski definition) is 6. The second-order valence-corrected chi connectivity index (χ2v) is 9.53. The molecule has 0 N–H and O–H groups in total. The zero-order valence-electron chi connectivity index (χ0n) is 21.6. The summed E-state index contributed by atoms with van der Waals surface area (Å²) in [5, 5.41) is 4.24. The molecule has 0 spiro atoms. The number of carbonyl (C=O) groups is 1. The van der Waals surface area contributed by atoms with Gasteiger partial charge in [0.05, 0.1) is 24.3 Å². The Bertz CT molecular complexity index is 1370. The Hall–Kier alpha value is -3.93. The van der Waals surface area contributed by atoms with Crippen LogP contribution in [0.25, 0.3) is 22.5 Å². The molecule has 2 aromatic heterocycles. The first-order valence-electron chi connectivity index (χ1n) is 13.0. The van der Waals surface area contributed by atoms with E-state index < -0.39 is 5.41 Å². The average Bonchev–Trinajstić information content (AvgIpc) is 3.67. The quantitative estimate of drug-likeness (QED) is 0.228. The Morgan fingerprint density at radius 2 is 1.62 bits per heavy atom. The highest BCUT2D eigenvalue weighted by Crippen LogP contribution is 2.49. The molecule has 0 aliphatic heterocycles. The van der Waals surface area contributed by atoms with Crippen LogP contribution in [-0.2, 0) is 21.4 Å². The number of rotatable bonds is 10. The molecule has 0 bridgehead atoms. The zero-order chi connectivity index (χ0) is 25.8. The largest absolute Gasteiger partial charge is 0.478 e. The lowest BCUT2D eigenvalue weighted by Crippen LogP contribution is -2.23. The highest BCUT2D eigenvalue weighted by Gasteiger charge is 2.52. The van der Waals surface area contributed by atoms with Crippen molar-refractivity contribution in [3.8, 4) is 28.3 Å². The van der Waals surface area contributed by atoms with E-state index in [2.05, 4.69) is 65.6 Å². The number of carbonyl (C=O) groups excluding carboxylic acids is 1. The van der Waals surface area contributed by atoms with Gasteiger partial charge in [0, 0.05) is 29.3 Å². The van der Waals surface area contributed by atoms with E-state index in [1.807, 2.05) is 32.0 Å². The van der Waals surface area contributed by atoms with E-state index in [9.17, 15) is 4.79 Å². The predicted octanol–water partition coefficient (Wildman–Crippen LogP) is 6.69. The Morgan fingerprint density at radius 3 is 2.27 bits per heavy atom. The molecule has 0 saturated heterocycles. The fourth-order valence-corrected chi connectivity index (χ4v) is 4.65. The molecule has 190 valence electrons. The summed E-state index contributed by atoms with van der Waals surface area (Å²) < 4.78 is 16.7. The molecule has 37 heavy (non-hydrogen) atoms. The molecule has 5 rings (SSSR count). The van der Waals surface area contributed by atoms with Crippen molar-refractivity contribution in [1.82, 2.24) is 10.1 Å². The summed E-state index contributed by atoms with van der Waals surface area (Å²) in [5.74, 6) is 1.28. The standard InChI is InChI=1S/C31H32N2O4/c1-4-19-36-28-8-6-7-26(32-28)20-27-21(3)33-37-29(27)24-11-9-22(10-12-24)23-13-15-25(16-14-23)31(17-18-31)30(34)35-5-2/h6-16H,4-5,17-20H2,1-3H3. The van der Waals surface area contributed by atoms with Crippen LogP contribution in [0.5, 0.6) is 5.88 Å². The van der Waals surface area contributed by atoms with Gasteiger partial charge in [-0.15, -0.1) is 0 Å². The SMILES string of the molecule is CCCOc1cccc(Cc2c(C)noc2-c2ccc(-c3ccc(C4(C(=O)OCC)CC4)cc3)cc2)n1. The van der Waals surface area contributed by atoms with Gasteiger partial charge in [-0.25, -0.2) is 4.98 Å². The third-order valence-corrected chi connectivity index (χ3v) is 6.91. The summed E-state index contributed by atoms with van der Waals surface area (Å²) in [7, 11) is 0. The van der Waals surface area contributed by atoms with Crippen molar-refractivity contribution in [3.05, 3.63) is 89.2 Å². The number of esters is 1. The number of ether oxygens (including phenoxy) is 2. The lowest BCUT2D eigenvalue weighted by molar-refractivity contribution is -0.146. The van der Waals surface area contributed by atoms with Crippen LogP contribution in [0.4, 0.5) is 0 Å². The van der Waals surface area contributed by atoms with Crippen LogP contribution >= 0.6 is 0 Å². The first-order chi connectivity index (χ1) is 18.0. The first-order valence-corrected chi connectivity index (χ1v) is 13.0. The Kier molecular flexibility index (Phi) is 7.08. The highest BCUT2D eigenvalue weighted by atomic mass is 16.5. The van der Waals surface area contributed by atoms with Crippen molar-refractivity contribution in [2.75, 3.05) is 13.2 Å². The number of aromatic nitrogens is 2. The lowest BCUT2D eigenvalue weighted by Gasteiger charge is -2.14. The molecule has 2 heterocycles. The smallest absolute Gasteiger partial charge is 0.316 e. The fraction of sp³-hybridized carbons (Fsp3) is 0.323. The van der Waals surface area contributed by atoms with E-state index in [1.165, 1.54) is 0 Å². The molecule has 1 fully saturated rings. The number of benzene rings is 2. The molecule has 0 radical (unpaired) electrons. The third kappa shape index (κ3) is 5.15. The molecular formula is C31H32N2O4. The van der Waals surface area contributed by atoms with Gasteiger partial charge in [0.1, 0.15) is 0 Å². The second kappa shape index (κ2) is 10.6. The van der Waals surface area contributed by atoms with E-state index >= 15 is 0 Å². The zero-order valence-corrected chi connectivity index (χ0v) is 21.6. The average molecular weight is 497 g/mol. The molecule has 2 aromatic carbocycles. The number of pyridine rings is 1. The molecule has 6 nitrogen and oxygen atoms in total. The van der Waals surface area contributed by atoms with Crippen LogP contribution in [0.2, 0.25) is 0 Å². The van der Waals surface area contributed by atoms with Crippen molar-refractivity contribution in [3.63, 3.8) is 0 Å². The van der Waals surface area contributed by atoms with Gasteiger partial charge in [0.15, 0.2) is 5.76 Å². The topological polar surface area (TPSA) is 74.5 Å². The van der Waals surface area contributed by atoms with E-state index in [1.54, 1.807) is 0 Å². The normalized spacial score (nSPS) is 13.8. The van der Waals surface area contributed by atoms with Gasteiger partial charge in [0.25, 0.3) is 0 Å². The summed E-state index contributed by atoms with van der Waals surface area (Å²) in [4.78, 5) is 17.1. The molecular weight excluding hydrogens is 464 g/mol. The molecule has 0 amide bonds. The highest BCUT2D eigenvalue weighted by molar-refractivity contribution is 5.87. The molecule has 0 atom stereocenters. The monoisotopic (exact) mass is 496 g/mol. The van der Waals surface area contributed by atoms with E-state index in [-0.39, 0.29) is 5.97 Å². The van der Waals surface area contributed by atoms with Gasteiger partial charge in [0.2, 0.25) is 5.88 Å². The number of nitrogens with zero attached hydrogens (tertiary/aromatic N) is 2. The van der Waals surface area contributed by atoms with Gasteiger partial charge in [-0.3, -0.25) is 4.79 Å². The maximum atomic E-state index is 12.4. The van der Waals surface area contributed by atoms with Crippen LogP contribution in [0.15, 0.2) is 71.3 Å². The molecule has 1 aliphatic carbocycles. The van der Waals surface area contributed by atoms with Gasteiger partial charge in [-0.05, 0) is 55.9 Å². The summed E-state index contributed by atoms with van der Waals surface area (Å²) in [6.07, 6.45) is 3.25. The van der Waals surface area contributed by atoms with Crippen molar-refractivity contribution in [2.45, 2.75) is 51.9 Å². The maximum absolute atomic E-state index is 12.4. The minimum atomic E-state index is -0.449. The lowest BCUT2D eigenvalue weighted by atomic mass is 9.93. The summed E-state index contributed by atoms with van der Waals surface area (Å²) in [6.45, 7) is 6.94. The third-order valence-electron chi connectivity index (χ3n) is 6.91. The fourth-order valence-electron chi connectivity index (χ4n) is 4.65. The van der Waals surface area contributed by atoms with Crippen molar-refractivity contribution in [2.24, 2.45) is 0 Å². The molecule has 1 saturated carbocycles. The minimum Gasteiger partial charge on any atom is -0.478 e. The molecule has 0 unspecified atom stereocenters. The van der Waals surface area contributed by atoms with Gasteiger partial charge in [-0.2, -0.15) is 0 Å². The molecule has 1 aliphatic rings. The molecule has 6 heteroatoms. The first kappa shape index (κ1) is 24.8. The van der Waals surface area contributed by atoms with Crippen LogP contribution in [-0.4, -0.2) is 29.3 Å². The number of hydrogen-bond donors (Lipinski definition) is 0. The van der Waals surface area contributed by atoms with Crippen LogP contribution < -0.4 is 4.74 Å². The summed E-state index contributed by atoms with van der Waals surface area (Å²) >= 11 is 0. The van der Waals surface area contributed by atoms with Crippen molar-refractivity contribution in [1.29, 1.82) is 0 Å². The van der Waals surface area contributed by atoms with Gasteiger partial charge < -0.3 is 14.0 Å². The Labute approximate surface area is 217 Å². The van der Waals surface area contributed by atoms with E-state index in [0.717, 1.165) is 64.2 Å². The molecule has 4 aromatic rings. The van der Waals surface area contributed by atoms with Gasteiger partial charge >= 0.3 is 5.97 Å². The minimum absolute atomic E-state index is 0.110. The predicted molar refractivity (Wildman–Crippen MR) is 142 cm³/mol. The van der Waals surface area contributed by atoms with Crippen LogP contribution in [0.1, 0.15) is 55.6 Å². The van der Waals surface area contributed by atoms with E-state index in [0.29, 0.717) is 25.5 Å². The van der Waals surface area contributed by atoms with Crippen LogP contribution in [0, 0.1) is 6.92 Å². The van der Waals surface area contributed by atoms with E-state index in [4.69, 9.17) is 14.0 Å². The van der Waals surface area contributed by atoms with Crippen molar-refractivity contribution < 1.29 is 18.8 Å². The van der Waals surface area contributed by atoms with Gasteiger partial charge in [-0.1, -0.05) is 66.7 Å². The Balaban J connectivity index is 1.33. The summed E-state index contributed by atoms with van der Waals surface area (Å²) in [6, 6.07) is 22.4. The maximum Gasteiger partial charge on any atom is 0.316 e. The second-order valence-electron chi connectivity index (χ2n) is 9.53.